The van der Waals surface area contributed by atoms with Crippen molar-refractivity contribution in [3.05, 3.63) is 84.5 Å². The first kappa shape index (κ1) is 26.1. The summed E-state index contributed by atoms with van der Waals surface area (Å²) >= 11 is 1.06. The second-order valence-electron chi connectivity index (χ2n) is 7.83. The van der Waals surface area contributed by atoms with E-state index in [1.165, 1.54) is 30.9 Å². The maximum atomic E-state index is 13.8. The molecule has 0 bridgehead atoms. The van der Waals surface area contributed by atoms with Crippen molar-refractivity contribution in [3.8, 4) is 17.2 Å². The number of carbonyl (C=O) groups excluding carboxylic acids is 1. The molecule has 0 fully saturated rings. The van der Waals surface area contributed by atoms with Gasteiger partial charge in [0.2, 0.25) is 0 Å². The first-order valence-corrected chi connectivity index (χ1v) is 12.1. The number of halogens is 2. The number of rotatable bonds is 8. The molecule has 4 rings (SSSR count). The number of fused-ring (bicyclic) bond motifs is 1. The number of benzene rings is 2. The first-order chi connectivity index (χ1) is 17.8. The van der Waals surface area contributed by atoms with E-state index < -0.39 is 24.2 Å². The zero-order valence-corrected chi connectivity index (χ0v) is 21.3. The summed E-state index contributed by atoms with van der Waals surface area (Å²) in [7, 11) is 2.99. The number of para-hydroxylation sites is 1. The topological polar surface area (TPSA) is 88.4 Å². The van der Waals surface area contributed by atoms with Crippen molar-refractivity contribution >= 4 is 23.4 Å². The standard InChI is InChI=1S/C26H24F2N2O6S/c1-5-35-24(32)21-14(2)29-26-30(22(21)17-13-16(33-3)10-11-19(17)34-4)23(31)20(37-26)12-15-8-6-7-9-18(15)36-25(27)28/h6-13,22,25H,5H2,1-4H3/b20-12+/t22-/m0/s1. The van der Waals surface area contributed by atoms with Crippen LogP contribution in [0.4, 0.5) is 8.78 Å². The van der Waals surface area contributed by atoms with Crippen molar-refractivity contribution < 1.29 is 32.5 Å². The second kappa shape index (κ2) is 11.0. The Morgan fingerprint density at radius 3 is 2.59 bits per heavy atom. The summed E-state index contributed by atoms with van der Waals surface area (Å²) in [5.41, 5.74) is 0.870. The summed E-state index contributed by atoms with van der Waals surface area (Å²) in [5, 5.41) is 0. The number of hydrogen-bond acceptors (Lipinski definition) is 8. The quantitative estimate of drug-likeness (QED) is 0.415. The van der Waals surface area contributed by atoms with Crippen molar-refractivity contribution in [2.24, 2.45) is 4.99 Å². The van der Waals surface area contributed by atoms with Gasteiger partial charge < -0.3 is 18.9 Å². The molecule has 194 valence electrons. The number of aromatic nitrogens is 1. The monoisotopic (exact) mass is 530 g/mol. The number of esters is 1. The summed E-state index contributed by atoms with van der Waals surface area (Å²) in [5.74, 6) is 0.225. The van der Waals surface area contributed by atoms with E-state index in [9.17, 15) is 18.4 Å². The van der Waals surface area contributed by atoms with Crippen molar-refractivity contribution in [2.75, 3.05) is 20.8 Å². The smallest absolute Gasteiger partial charge is 0.387 e. The van der Waals surface area contributed by atoms with Crippen LogP contribution in [0.3, 0.4) is 0 Å². The predicted molar refractivity (Wildman–Crippen MR) is 133 cm³/mol. The van der Waals surface area contributed by atoms with Crippen LogP contribution < -0.4 is 29.1 Å². The molecule has 0 radical (unpaired) electrons. The molecular formula is C26H24F2N2O6S. The van der Waals surface area contributed by atoms with Gasteiger partial charge in [0, 0.05) is 11.1 Å². The van der Waals surface area contributed by atoms with Crippen LogP contribution in [0.15, 0.2) is 63.5 Å². The lowest BCUT2D eigenvalue weighted by molar-refractivity contribution is -0.139. The van der Waals surface area contributed by atoms with Gasteiger partial charge in [0.15, 0.2) is 4.80 Å². The summed E-state index contributed by atoms with van der Waals surface area (Å²) in [6.07, 6.45) is 1.46. The van der Waals surface area contributed by atoms with Gasteiger partial charge in [-0.3, -0.25) is 9.36 Å². The van der Waals surface area contributed by atoms with E-state index in [0.717, 1.165) is 11.3 Å². The van der Waals surface area contributed by atoms with Crippen LogP contribution in [0.25, 0.3) is 6.08 Å². The van der Waals surface area contributed by atoms with E-state index >= 15 is 0 Å². The van der Waals surface area contributed by atoms with Gasteiger partial charge in [0.25, 0.3) is 5.56 Å². The lowest BCUT2D eigenvalue weighted by atomic mass is 9.94. The number of nitrogens with zero attached hydrogens (tertiary/aromatic N) is 2. The fourth-order valence-electron chi connectivity index (χ4n) is 4.08. The van der Waals surface area contributed by atoms with Gasteiger partial charge in [-0.1, -0.05) is 29.5 Å². The Balaban J connectivity index is 2.00. The molecule has 0 spiro atoms. The second-order valence-corrected chi connectivity index (χ2v) is 8.84. The van der Waals surface area contributed by atoms with E-state index in [0.29, 0.717) is 33.1 Å². The molecule has 0 N–H and O–H groups in total. The minimum atomic E-state index is -3.02. The van der Waals surface area contributed by atoms with Crippen LogP contribution in [0.5, 0.6) is 17.2 Å². The number of alkyl halides is 2. The van der Waals surface area contributed by atoms with Gasteiger partial charge in [0.05, 0.1) is 36.6 Å². The highest BCUT2D eigenvalue weighted by Crippen LogP contribution is 2.37. The molecule has 0 unspecified atom stereocenters. The fraction of sp³-hybridized carbons (Fsp3) is 0.269. The van der Waals surface area contributed by atoms with Crippen LogP contribution in [-0.4, -0.2) is 38.0 Å². The lowest BCUT2D eigenvalue weighted by Crippen LogP contribution is -2.40. The van der Waals surface area contributed by atoms with Gasteiger partial charge in [-0.15, -0.1) is 0 Å². The predicted octanol–water partition coefficient (Wildman–Crippen LogP) is 3.42. The number of carbonyl (C=O) groups is 1. The van der Waals surface area contributed by atoms with E-state index in [-0.39, 0.29) is 22.5 Å². The molecule has 0 saturated heterocycles. The van der Waals surface area contributed by atoms with E-state index in [1.54, 1.807) is 50.2 Å². The molecule has 8 nitrogen and oxygen atoms in total. The summed E-state index contributed by atoms with van der Waals surface area (Å²) in [6, 6.07) is 10.3. The van der Waals surface area contributed by atoms with E-state index in [2.05, 4.69) is 9.73 Å². The molecule has 3 aromatic rings. The van der Waals surface area contributed by atoms with E-state index in [4.69, 9.17) is 14.2 Å². The van der Waals surface area contributed by atoms with Crippen LogP contribution in [-0.2, 0) is 9.53 Å². The zero-order chi connectivity index (χ0) is 26.7. The maximum absolute atomic E-state index is 13.8. The average Bonchev–Trinajstić information content (AvgIpc) is 3.18. The minimum absolute atomic E-state index is 0.0715. The third kappa shape index (κ3) is 5.12. The first-order valence-electron chi connectivity index (χ1n) is 11.2. The van der Waals surface area contributed by atoms with Crippen molar-refractivity contribution in [1.29, 1.82) is 0 Å². The molecule has 1 atom stereocenters. The van der Waals surface area contributed by atoms with Crippen LogP contribution >= 0.6 is 11.3 Å². The highest BCUT2D eigenvalue weighted by molar-refractivity contribution is 7.07. The molecular weight excluding hydrogens is 506 g/mol. The SMILES string of the molecule is CCOC(=O)C1=C(C)N=c2s/c(=C/c3ccccc3OC(F)F)c(=O)n2[C@H]1c1cc(OC)ccc1OC. The fourth-order valence-corrected chi connectivity index (χ4v) is 5.12. The third-order valence-electron chi connectivity index (χ3n) is 5.67. The molecule has 1 aromatic heterocycles. The average molecular weight is 531 g/mol. The summed E-state index contributed by atoms with van der Waals surface area (Å²) < 4.78 is 48.3. The summed E-state index contributed by atoms with van der Waals surface area (Å²) in [6.45, 7) is 0.451. The van der Waals surface area contributed by atoms with Crippen molar-refractivity contribution in [3.63, 3.8) is 0 Å². The molecule has 0 saturated carbocycles. The Labute approximate surface area is 214 Å². The van der Waals surface area contributed by atoms with Gasteiger partial charge >= 0.3 is 12.6 Å². The van der Waals surface area contributed by atoms with Crippen LogP contribution in [0.2, 0.25) is 0 Å². The lowest BCUT2D eigenvalue weighted by Gasteiger charge is -2.26. The van der Waals surface area contributed by atoms with E-state index in [1.807, 2.05) is 0 Å². The molecule has 2 aromatic carbocycles. The maximum Gasteiger partial charge on any atom is 0.387 e. The highest BCUT2D eigenvalue weighted by Gasteiger charge is 2.35. The number of ether oxygens (including phenoxy) is 4. The van der Waals surface area contributed by atoms with Gasteiger partial charge in [-0.2, -0.15) is 8.78 Å². The summed E-state index contributed by atoms with van der Waals surface area (Å²) in [4.78, 5) is 31.7. The third-order valence-corrected chi connectivity index (χ3v) is 6.65. The number of allylic oxidation sites excluding steroid dienone is 1. The number of thiazole rings is 1. The Hall–Kier alpha value is -3.99. The van der Waals surface area contributed by atoms with Gasteiger partial charge in [-0.05, 0) is 44.2 Å². The van der Waals surface area contributed by atoms with Crippen LogP contribution in [0, 0.1) is 0 Å². The molecule has 37 heavy (non-hydrogen) atoms. The van der Waals surface area contributed by atoms with Crippen LogP contribution in [0.1, 0.15) is 31.0 Å². The number of hydrogen-bond donors (Lipinski definition) is 0. The Kier molecular flexibility index (Phi) is 7.72. The van der Waals surface area contributed by atoms with Crippen molar-refractivity contribution in [1.82, 2.24) is 4.57 Å². The molecule has 0 aliphatic carbocycles. The zero-order valence-electron chi connectivity index (χ0n) is 20.5. The van der Waals surface area contributed by atoms with Crippen molar-refractivity contribution in [2.45, 2.75) is 26.5 Å². The molecule has 0 amide bonds. The Bertz CT molecular complexity index is 1540. The largest absolute Gasteiger partial charge is 0.497 e. The van der Waals surface area contributed by atoms with Gasteiger partial charge in [-0.25, -0.2) is 9.79 Å². The molecule has 1 aliphatic rings. The molecule has 2 heterocycles. The van der Waals surface area contributed by atoms with Gasteiger partial charge in [0.1, 0.15) is 23.3 Å². The minimum Gasteiger partial charge on any atom is -0.497 e. The highest BCUT2D eigenvalue weighted by atomic mass is 32.1. The Morgan fingerprint density at radius 2 is 1.92 bits per heavy atom. The molecule has 1 aliphatic heterocycles. The number of methoxy groups -OCH3 is 2. The normalized spacial score (nSPS) is 15.3. The molecule has 11 heteroatoms. The Morgan fingerprint density at radius 1 is 1.16 bits per heavy atom.